The summed E-state index contributed by atoms with van der Waals surface area (Å²) in [4.78, 5) is 4.23. The molecule has 1 aromatic heterocycles. The van der Waals surface area contributed by atoms with Crippen LogP contribution >= 0.6 is 0 Å². The summed E-state index contributed by atoms with van der Waals surface area (Å²) < 4.78 is 7.42. The van der Waals surface area contributed by atoms with Gasteiger partial charge in [-0.1, -0.05) is 6.92 Å². The lowest BCUT2D eigenvalue weighted by Gasteiger charge is -2.07. The van der Waals surface area contributed by atoms with Gasteiger partial charge in [0.05, 0.1) is 19.2 Å². The third-order valence-electron chi connectivity index (χ3n) is 2.53. The van der Waals surface area contributed by atoms with Crippen molar-refractivity contribution in [3.63, 3.8) is 0 Å². The van der Waals surface area contributed by atoms with Gasteiger partial charge in [-0.15, -0.1) is 0 Å². The summed E-state index contributed by atoms with van der Waals surface area (Å²) in [5, 5.41) is 7.58. The number of hydrogen-bond donors (Lipinski definition) is 1. The first-order valence-corrected chi connectivity index (χ1v) is 5.59. The van der Waals surface area contributed by atoms with E-state index in [0.29, 0.717) is 6.10 Å². The Morgan fingerprint density at radius 1 is 1.67 bits per heavy atom. The van der Waals surface area contributed by atoms with Gasteiger partial charge in [-0.2, -0.15) is 5.10 Å². The molecule has 0 aliphatic carbocycles. The molecule has 5 nitrogen and oxygen atoms in total. The van der Waals surface area contributed by atoms with Crippen molar-refractivity contribution >= 4 is 0 Å². The van der Waals surface area contributed by atoms with Crippen molar-refractivity contribution in [2.24, 2.45) is 0 Å². The Bertz CT molecular complexity index is 293. The first kappa shape index (κ1) is 10.6. The van der Waals surface area contributed by atoms with Crippen LogP contribution in [-0.4, -0.2) is 34.0 Å². The number of hydrogen-bond acceptors (Lipinski definition) is 4. The molecule has 2 rings (SSSR count). The highest BCUT2D eigenvalue weighted by atomic mass is 16.5. The third kappa shape index (κ3) is 3.00. The van der Waals surface area contributed by atoms with Crippen LogP contribution in [0.5, 0.6) is 0 Å². The molecule has 1 atom stereocenters. The van der Waals surface area contributed by atoms with Gasteiger partial charge in [-0.3, -0.25) is 4.68 Å². The predicted octanol–water partition coefficient (Wildman–Crippen LogP) is 0.567. The first-order valence-electron chi connectivity index (χ1n) is 5.59. The molecule has 0 spiro atoms. The molecule has 1 N–H and O–H groups in total. The van der Waals surface area contributed by atoms with Gasteiger partial charge in [0.1, 0.15) is 6.33 Å². The fourth-order valence-electron chi connectivity index (χ4n) is 1.74. The van der Waals surface area contributed by atoms with Crippen LogP contribution in [0.1, 0.15) is 25.6 Å². The standard InChI is InChI=1S/C10H18N4O/c1-2-11-6-10-12-8-14(13-10)7-9-4-3-5-15-9/h8-9,11H,2-7H2,1H3. The Morgan fingerprint density at radius 2 is 2.60 bits per heavy atom. The maximum absolute atomic E-state index is 5.54. The smallest absolute Gasteiger partial charge is 0.164 e. The predicted molar refractivity (Wildman–Crippen MR) is 56.4 cm³/mol. The van der Waals surface area contributed by atoms with Crippen LogP contribution in [0.2, 0.25) is 0 Å². The minimum atomic E-state index is 0.332. The van der Waals surface area contributed by atoms with E-state index in [9.17, 15) is 0 Å². The van der Waals surface area contributed by atoms with Crippen LogP contribution in [0.3, 0.4) is 0 Å². The van der Waals surface area contributed by atoms with Crippen LogP contribution in [0.25, 0.3) is 0 Å². The van der Waals surface area contributed by atoms with Gasteiger partial charge < -0.3 is 10.1 Å². The topological polar surface area (TPSA) is 52.0 Å². The Kier molecular flexibility index (Phi) is 3.69. The normalized spacial score (nSPS) is 21.0. The fourth-order valence-corrected chi connectivity index (χ4v) is 1.74. The highest BCUT2D eigenvalue weighted by molar-refractivity contribution is 4.81. The summed E-state index contributed by atoms with van der Waals surface area (Å²) in [6.07, 6.45) is 4.43. The van der Waals surface area contributed by atoms with E-state index < -0.39 is 0 Å². The lowest BCUT2D eigenvalue weighted by atomic mass is 10.2. The molecule has 0 saturated carbocycles. The zero-order chi connectivity index (χ0) is 10.5. The van der Waals surface area contributed by atoms with Crippen molar-refractivity contribution in [2.75, 3.05) is 13.2 Å². The molecule has 5 heteroatoms. The van der Waals surface area contributed by atoms with Crippen LogP contribution in [0.15, 0.2) is 6.33 Å². The van der Waals surface area contributed by atoms with Crippen molar-refractivity contribution < 1.29 is 4.74 Å². The second kappa shape index (κ2) is 5.23. The van der Waals surface area contributed by atoms with E-state index in [2.05, 4.69) is 22.3 Å². The molecule has 2 heterocycles. The molecule has 15 heavy (non-hydrogen) atoms. The molecule has 84 valence electrons. The molecule has 0 amide bonds. The average Bonchev–Trinajstić information content (AvgIpc) is 2.87. The molecule has 1 unspecified atom stereocenters. The van der Waals surface area contributed by atoms with Crippen molar-refractivity contribution in [2.45, 2.75) is 39.0 Å². The Balaban J connectivity index is 1.83. The highest BCUT2D eigenvalue weighted by Crippen LogP contribution is 2.13. The molecule has 1 aliphatic heterocycles. The van der Waals surface area contributed by atoms with Gasteiger partial charge in [-0.25, -0.2) is 4.98 Å². The maximum Gasteiger partial charge on any atom is 0.164 e. The molecule has 1 aromatic rings. The van der Waals surface area contributed by atoms with E-state index in [-0.39, 0.29) is 0 Å². The van der Waals surface area contributed by atoms with Gasteiger partial charge in [0.25, 0.3) is 0 Å². The number of aromatic nitrogens is 3. The average molecular weight is 210 g/mol. The summed E-state index contributed by atoms with van der Waals surface area (Å²) in [7, 11) is 0. The van der Waals surface area contributed by atoms with Crippen LogP contribution < -0.4 is 5.32 Å². The fraction of sp³-hybridized carbons (Fsp3) is 0.800. The SMILES string of the molecule is CCNCc1ncn(CC2CCCO2)n1. The van der Waals surface area contributed by atoms with Gasteiger partial charge in [0.2, 0.25) is 0 Å². The monoisotopic (exact) mass is 210 g/mol. The second-order valence-electron chi connectivity index (χ2n) is 3.80. The molecular formula is C10H18N4O. The van der Waals surface area contributed by atoms with E-state index in [4.69, 9.17) is 4.74 Å². The van der Waals surface area contributed by atoms with E-state index >= 15 is 0 Å². The third-order valence-corrected chi connectivity index (χ3v) is 2.53. The number of nitrogens with one attached hydrogen (secondary N) is 1. The summed E-state index contributed by atoms with van der Waals surface area (Å²) in [6, 6.07) is 0. The zero-order valence-corrected chi connectivity index (χ0v) is 9.15. The van der Waals surface area contributed by atoms with Crippen molar-refractivity contribution in [3.05, 3.63) is 12.2 Å². The van der Waals surface area contributed by atoms with Gasteiger partial charge in [0.15, 0.2) is 5.82 Å². The molecule has 0 radical (unpaired) electrons. The minimum absolute atomic E-state index is 0.332. The number of nitrogens with zero attached hydrogens (tertiary/aromatic N) is 3. The van der Waals surface area contributed by atoms with Crippen molar-refractivity contribution in [1.82, 2.24) is 20.1 Å². The highest BCUT2D eigenvalue weighted by Gasteiger charge is 2.16. The Labute approximate surface area is 89.8 Å². The zero-order valence-electron chi connectivity index (χ0n) is 9.15. The maximum atomic E-state index is 5.54. The van der Waals surface area contributed by atoms with Gasteiger partial charge in [0, 0.05) is 6.61 Å². The summed E-state index contributed by atoms with van der Waals surface area (Å²) in [5.41, 5.74) is 0. The molecular weight excluding hydrogens is 192 g/mol. The van der Waals surface area contributed by atoms with Crippen LogP contribution in [-0.2, 0) is 17.8 Å². The Hall–Kier alpha value is -0.940. The van der Waals surface area contributed by atoms with E-state index in [1.807, 2.05) is 4.68 Å². The summed E-state index contributed by atoms with van der Waals surface area (Å²) in [5.74, 6) is 0.856. The second-order valence-corrected chi connectivity index (χ2v) is 3.80. The van der Waals surface area contributed by atoms with Crippen LogP contribution in [0, 0.1) is 0 Å². The molecule has 1 saturated heterocycles. The summed E-state index contributed by atoms with van der Waals surface area (Å²) >= 11 is 0. The summed E-state index contributed by atoms with van der Waals surface area (Å²) in [6.45, 7) is 5.49. The van der Waals surface area contributed by atoms with E-state index in [1.165, 1.54) is 6.42 Å². The Morgan fingerprint density at radius 3 is 3.33 bits per heavy atom. The van der Waals surface area contributed by atoms with E-state index in [0.717, 1.165) is 38.5 Å². The van der Waals surface area contributed by atoms with Gasteiger partial charge in [-0.05, 0) is 19.4 Å². The first-order chi connectivity index (χ1) is 7.38. The number of rotatable bonds is 5. The molecule has 0 bridgehead atoms. The quantitative estimate of drug-likeness (QED) is 0.772. The van der Waals surface area contributed by atoms with Gasteiger partial charge >= 0.3 is 0 Å². The van der Waals surface area contributed by atoms with Crippen LogP contribution in [0.4, 0.5) is 0 Å². The lowest BCUT2D eigenvalue weighted by Crippen LogP contribution is -2.16. The molecule has 1 fully saturated rings. The van der Waals surface area contributed by atoms with Crippen molar-refractivity contribution in [3.8, 4) is 0 Å². The largest absolute Gasteiger partial charge is 0.376 e. The lowest BCUT2D eigenvalue weighted by molar-refractivity contribution is 0.0938. The molecule has 1 aliphatic rings. The number of ether oxygens (including phenoxy) is 1. The van der Waals surface area contributed by atoms with Crippen molar-refractivity contribution in [1.29, 1.82) is 0 Å². The molecule has 0 aromatic carbocycles. The minimum Gasteiger partial charge on any atom is -0.376 e. The van der Waals surface area contributed by atoms with E-state index in [1.54, 1.807) is 6.33 Å².